The second-order valence-corrected chi connectivity index (χ2v) is 4.41. The molecule has 0 bridgehead atoms. The van der Waals surface area contributed by atoms with E-state index >= 15 is 0 Å². The average Bonchev–Trinajstić information content (AvgIpc) is 2.30. The number of ether oxygens (including phenoxy) is 1. The Balaban J connectivity index is 1.85. The molecule has 1 saturated heterocycles. The summed E-state index contributed by atoms with van der Waals surface area (Å²) in [7, 11) is 0. The summed E-state index contributed by atoms with van der Waals surface area (Å²) < 4.78 is 5.24. The lowest BCUT2D eigenvalue weighted by Crippen LogP contribution is -2.40. The monoisotopic (exact) mass is 240 g/mol. The van der Waals surface area contributed by atoms with Gasteiger partial charge in [-0.25, -0.2) is 0 Å². The summed E-state index contributed by atoms with van der Waals surface area (Å²) in [6.45, 7) is 3.60. The Kier molecular flexibility index (Phi) is 4.16. The molecule has 1 heterocycles. The summed E-state index contributed by atoms with van der Waals surface area (Å²) in [6, 6.07) is 0. The molecule has 0 amide bonds. The van der Waals surface area contributed by atoms with Crippen molar-refractivity contribution < 1.29 is 9.53 Å². The molecule has 0 unspecified atom stereocenters. The predicted octanol–water partition coefficient (Wildman–Crippen LogP) is 1.54. The number of Topliss-reactive ketones (excluding diaryl/α,β-unsaturated/α-hetero) is 1. The summed E-state index contributed by atoms with van der Waals surface area (Å²) >= 11 is 5.87. The summed E-state index contributed by atoms with van der Waals surface area (Å²) in [4.78, 5) is 14.1. The van der Waals surface area contributed by atoms with Crippen LogP contribution in [-0.4, -0.2) is 43.5 Å². The van der Waals surface area contributed by atoms with E-state index in [1.807, 2.05) is 12.2 Å². The minimum Gasteiger partial charge on any atom is -0.379 e. The van der Waals surface area contributed by atoms with Gasteiger partial charge >= 0.3 is 0 Å². The molecule has 1 aliphatic heterocycles. The third-order valence-corrected chi connectivity index (χ3v) is 2.99. The molecule has 16 heavy (non-hydrogen) atoms. The number of morpholine rings is 1. The highest BCUT2D eigenvalue weighted by atomic mass is 35.5. The number of carbonyl (C=O) groups is 1. The van der Waals surface area contributed by atoms with Crippen LogP contribution in [0.15, 0.2) is 23.3 Å². The van der Waals surface area contributed by atoms with E-state index in [0.29, 0.717) is 18.0 Å². The predicted molar refractivity (Wildman–Crippen MR) is 63.2 cm³/mol. The molecule has 1 aliphatic carbocycles. The molecule has 2 rings (SSSR count). The molecule has 0 aromatic rings. The zero-order valence-electron chi connectivity index (χ0n) is 9.12. The molecule has 2 aliphatic rings. The summed E-state index contributed by atoms with van der Waals surface area (Å²) in [5, 5.41) is 0.636. The zero-order valence-corrected chi connectivity index (χ0v) is 9.87. The maximum absolute atomic E-state index is 12.0. The fraction of sp³-hybridized carbons (Fsp3) is 0.500. The number of nitrogens with zero attached hydrogens (tertiary/aromatic N) is 1. The van der Waals surface area contributed by atoms with E-state index < -0.39 is 0 Å². The van der Waals surface area contributed by atoms with Crippen LogP contribution in [0.2, 0.25) is 0 Å². The van der Waals surface area contributed by atoms with Crippen molar-refractivity contribution in [2.24, 2.45) is 0 Å². The lowest BCUT2D eigenvalue weighted by Gasteiger charge is -2.27. The molecule has 1 radical (unpaired) electrons. The highest BCUT2D eigenvalue weighted by molar-refractivity contribution is 6.31. The van der Waals surface area contributed by atoms with E-state index in [2.05, 4.69) is 4.90 Å². The van der Waals surface area contributed by atoms with Gasteiger partial charge in [0, 0.05) is 18.1 Å². The van der Waals surface area contributed by atoms with Crippen molar-refractivity contribution in [3.05, 3.63) is 29.2 Å². The van der Waals surface area contributed by atoms with Gasteiger partial charge < -0.3 is 4.74 Å². The number of rotatable bonds is 3. The molecule has 0 spiro atoms. The van der Waals surface area contributed by atoms with E-state index in [4.69, 9.17) is 16.3 Å². The number of halogens is 1. The smallest absolute Gasteiger partial charge is 0.158 e. The SMILES string of the molecule is O=C(CN1CCOCC1)[C]1C=C(Cl)C=CC1. The van der Waals surface area contributed by atoms with Crippen molar-refractivity contribution in [3.8, 4) is 0 Å². The second kappa shape index (κ2) is 5.62. The molecule has 0 aromatic heterocycles. The molecular weight excluding hydrogens is 226 g/mol. The third kappa shape index (κ3) is 3.17. The fourth-order valence-electron chi connectivity index (χ4n) is 1.83. The van der Waals surface area contributed by atoms with Crippen molar-refractivity contribution in [3.63, 3.8) is 0 Å². The molecule has 3 nitrogen and oxygen atoms in total. The number of hydrogen-bond donors (Lipinski definition) is 0. The van der Waals surface area contributed by atoms with Gasteiger partial charge in [0.15, 0.2) is 5.78 Å². The van der Waals surface area contributed by atoms with Gasteiger partial charge in [-0.15, -0.1) is 0 Å². The molecule has 4 heteroatoms. The normalized spacial score (nSPS) is 23.2. The van der Waals surface area contributed by atoms with Gasteiger partial charge in [0.2, 0.25) is 0 Å². The molecular formula is C12H15ClNO2. The van der Waals surface area contributed by atoms with Gasteiger partial charge in [0.05, 0.1) is 25.7 Å². The fourth-order valence-corrected chi connectivity index (χ4v) is 2.05. The van der Waals surface area contributed by atoms with Crippen molar-refractivity contribution in [1.82, 2.24) is 4.90 Å². The van der Waals surface area contributed by atoms with Crippen LogP contribution in [0.1, 0.15) is 6.42 Å². The summed E-state index contributed by atoms with van der Waals surface area (Å²) in [5.41, 5.74) is 0. The molecule has 87 valence electrons. The minimum absolute atomic E-state index is 0.171. The van der Waals surface area contributed by atoms with Crippen LogP contribution in [0.3, 0.4) is 0 Å². The average molecular weight is 241 g/mol. The highest BCUT2D eigenvalue weighted by Crippen LogP contribution is 2.22. The first kappa shape index (κ1) is 11.8. The first-order valence-corrected chi connectivity index (χ1v) is 5.86. The van der Waals surface area contributed by atoms with E-state index in [-0.39, 0.29) is 5.78 Å². The van der Waals surface area contributed by atoms with Crippen LogP contribution in [0, 0.1) is 5.92 Å². The van der Waals surface area contributed by atoms with E-state index in [1.165, 1.54) is 0 Å². The molecule has 0 saturated carbocycles. The Hall–Kier alpha value is -0.640. The largest absolute Gasteiger partial charge is 0.379 e. The van der Waals surface area contributed by atoms with Gasteiger partial charge in [-0.2, -0.15) is 0 Å². The van der Waals surface area contributed by atoms with Crippen LogP contribution in [0.25, 0.3) is 0 Å². The second-order valence-electron chi connectivity index (χ2n) is 3.97. The van der Waals surface area contributed by atoms with Crippen LogP contribution >= 0.6 is 11.6 Å². The van der Waals surface area contributed by atoms with Crippen LogP contribution in [0.4, 0.5) is 0 Å². The van der Waals surface area contributed by atoms with Crippen molar-refractivity contribution in [1.29, 1.82) is 0 Å². The molecule has 1 fully saturated rings. The number of carbonyl (C=O) groups excluding carboxylic acids is 1. The zero-order chi connectivity index (χ0) is 11.4. The quantitative estimate of drug-likeness (QED) is 0.750. The molecule has 0 atom stereocenters. The van der Waals surface area contributed by atoms with Gasteiger partial charge in [0.1, 0.15) is 0 Å². The van der Waals surface area contributed by atoms with E-state index in [9.17, 15) is 4.79 Å². The van der Waals surface area contributed by atoms with Gasteiger partial charge in [-0.1, -0.05) is 23.8 Å². The Morgan fingerprint density at radius 3 is 2.88 bits per heavy atom. The lowest BCUT2D eigenvalue weighted by molar-refractivity contribution is -0.119. The highest BCUT2D eigenvalue weighted by Gasteiger charge is 2.21. The van der Waals surface area contributed by atoms with Gasteiger partial charge in [-0.3, -0.25) is 9.69 Å². The van der Waals surface area contributed by atoms with Crippen molar-refractivity contribution >= 4 is 17.4 Å². The maximum Gasteiger partial charge on any atom is 0.158 e. The van der Waals surface area contributed by atoms with E-state index in [0.717, 1.165) is 32.2 Å². The first-order valence-electron chi connectivity index (χ1n) is 5.48. The number of hydrogen-bond acceptors (Lipinski definition) is 3. The van der Waals surface area contributed by atoms with Crippen molar-refractivity contribution in [2.75, 3.05) is 32.8 Å². The third-order valence-electron chi connectivity index (χ3n) is 2.76. The van der Waals surface area contributed by atoms with Crippen molar-refractivity contribution in [2.45, 2.75) is 6.42 Å². The molecule has 0 N–H and O–H groups in total. The van der Waals surface area contributed by atoms with Crippen LogP contribution in [-0.2, 0) is 9.53 Å². The maximum atomic E-state index is 12.0. The van der Waals surface area contributed by atoms with Crippen LogP contribution < -0.4 is 0 Å². The van der Waals surface area contributed by atoms with E-state index in [1.54, 1.807) is 6.08 Å². The Bertz CT molecular complexity index is 319. The summed E-state index contributed by atoms with van der Waals surface area (Å²) in [5.74, 6) is 0.975. The Morgan fingerprint density at radius 1 is 1.44 bits per heavy atom. The number of allylic oxidation sites excluding steroid dienone is 4. The number of ketones is 1. The standard InChI is InChI=1S/C12H15ClNO2/c13-11-3-1-2-10(8-11)12(15)9-14-4-6-16-7-5-14/h1,3,8H,2,4-7,9H2. The van der Waals surface area contributed by atoms with Gasteiger partial charge in [-0.05, 0) is 12.5 Å². The first-order chi connectivity index (χ1) is 7.75. The topological polar surface area (TPSA) is 29.5 Å². The Morgan fingerprint density at radius 2 is 2.19 bits per heavy atom. The molecule has 0 aromatic carbocycles. The summed E-state index contributed by atoms with van der Waals surface area (Å²) in [6.07, 6.45) is 6.21. The Labute approximate surface area is 101 Å². The van der Waals surface area contributed by atoms with Crippen LogP contribution in [0.5, 0.6) is 0 Å². The van der Waals surface area contributed by atoms with Gasteiger partial charge in [0.25, 0.3) is 0 Å². The minimum atomic E-state index is 0.171. The lowest BCUT2D eigenvalue weighted by atomic mass is 9.95.